The van der Waals surface area contributed by atoms with Gasteiger partial charge in [0.2, 0.25) is 17.7 Å². The number of fused-ring (bicyclic) bond motifs is 1. The highest BCUT2D eigenvalue weighted by atomic mass is 79.9. The molecule has 2 heterocycles. The molecule has 1 aliphatic rings. The molecule has 0 atom stereocenters. The standard InChI is InChI=1S/C21H26BrN5O5/c1-13(28)26-8-6-14(7-9-26)21-20-15(22)4-3-5-16(20)27(25-21)12-18(30)23-10-17(29)24-11-19(31)32-2/h3-5,14H,6-12H2,1-2H3,(H,23,30)(H,24,29). The number of halogens is 1. The van der Waals surface area contributed by atoms with E-state index >= 15 is 0 Å². The molecule has 172 valence electrons. The highest BCUT2D eigenvalue weighted by Crippen LogP contribution is 2.36. The van der Waals surface area contributed by atoms with E-state index in [1.165, 1.54) is 7.11 Å². The zero-order chi connectivity index (χ0) is 23.3. The van der Waals surface area contributed by atoms with Crippen LogP contribution in [0.15, 0.2) is 22.7 Å². The quantitative estimate of drug-likeness (QED) is 0.537. The number of methoxy groups -OCH3 is 1. The summed E-state index contributed by atoms with van der Waals surface area (Å²) in [4.78, 5) is 48.8. The normalized spacial score (nSPS) is 14.3. The van der Waals surface area contributed by atoms with E-state index in [2.05, 4.69) is 31.3 Å². The van der Waals surface area contributed by atoms with Gasteiger partial charge in [0.25, 0.3) is 0 Å². The summed E-state index contributed by atoms with van der Waals surface area (Å²) in [5.41, 5.74) is 1.72. The fourth-order valence-corrected chi connectivity index (χ4v) is 4.32. The molecular formula is C21H26BrN5O5. The molecule has 1 aromatic carbocycles. The predicted molar refractivity (Wildman–Crippen MR) is 120 cm³/mol. The summed E-state index contributed by atoms with van der Waals surface area (Å²) in [7, 11) is 1.23. The van der Waals surface area contributed by atoms with Gasteiger partial charge in [-0.25, -0.2) is 0 Å². The van der Waals surface area contributed by atoms with Gasteiger partial charge in [-0.15, -0.1) is 0 Å². The van der Waals surface area contributed by atoms with Gasteiger partial charge in [-0.2, -0.15) is 5.10 Å². The van der Waals surface area contributed by atoms with Gasteiger partial charge in [0.15, 0.2) is 0 Å². The van der Waals surface area contributed by atoms with Crippen LogP contribution in [0.4, 0.5) is 0 Å². The highest BCUT2D eigenvalue weighted by molar-refractivity contribution is 9.10. The Hall–Kier alpha value is -2.95. The molecule has 0 saturated carbocycles. The lowest BCUT2D eigenvalue weighted by molar-refractivity contribution is -0.141. The van der Waals surface area contributed by atoms with Crippen molar-refractivity contribution in [1.29, 1.82) is 0 Å². The Bertz CT molecular complexity index is 1030. The summed E-state index contributed by atoms with van der Waals surface area (Å²) < 4.78 is 6.98. The van der Waals surface area contributed by atoms with Crippen molar-refractivity contribution in [2.24, 2.45) is 0 Å². The highest BCUT2D eigenvalue weighted by Gasteiger charge is 2.27. The number of esters is 1. The summed E-state index contributed by atoms with van der Waals surface area (Å²) in [6.07, 6.45) is 1.61. The van der Waals surface area contributed by atoms with Gasteiger partial charge in [-0.1, -0.05) is 22.0 Å². The molecule has 0 spiro atoms. The lowest BCUT2D eigenvalue weighted by Crippen LogP contribution is -2.40. The summed E-state index contributed by atoms with van der Waals surface area (Å²) >= 11 is 3.60. The monoisotopic (exact) mass is 507 g/mol. The Morgan fingerprint density at radius 2 is 1.81 bits per heavy atom. The van der Waals surface area contributed by atoms with Crippen molar-refractivity contribution < 1.29 is 23.9 Å². The molecule has 3 rings (SSSR count). The zero-order valence-electron chi connectivity index (χ0n) is 18.0. The number of hydrogen-bond acceptors (Lipinski definition) is 6. The number of rotatable bonds is 7. The average molecular weight is 508 g/mol. The molecule has 2 N–H and O–H groups in total. The minimum atomic E-state index is -0.570. The van der Waals surface area contributed by atoms with Crippen LogP contribution in [0.1, 0.15) is 31.4 Å². The molecule has 1 fully saturated rings. The first-order chi connectivity index (χ1) is 15.3. The van der Waals surface area contributed by atoms with E-state index in [0.717, 1.165) is 33.9 Å². The Morgan fingerprint density at radius 3 is 2.47 bits per heavy atom. The molecule has 0 bridgehead atoms. The van der Waals surface area contributed by atoms with Crippen molar-refractivity contribution in [2.45, 2.75) is 32.2 Å². The Kier molecular flexibility index (Phi) is 7.84. The number of carbonyl (C=O) groups is 4. The van der Waals surface area contributed by atoms with Gasteiger partial charge < -0.3 is 20.3 Å². The second kappa shape index (κ2) is 10.6. The van der Waals surface area contributed by atoms with E-state index in [9.17, 15) is 19.2 Å². The van der Waals surface area contributed by atoms with Crippen LogP contribution < -0.4 is 10.6 Å². The number of amides is 3. The average Bonchev–Trinajstić information content (AvgIpc) is 3.15. The number of hydrogen-bond donors (Lipinski definition) is 2. The first kappa shape index (κ1) is 23.7. The van der Waals surface area contributed by atoms with Crippen LogP contribution in [0.2, 0.25) is 0 Å². The second-order valence-electron chi connectivity index (χ2n) is 7.59. The Labute approximate surface area is 193 Å². The summed E-state index contributed by atoms with van der Waals surface area (Å²) in [5, 5.41) is 10.6. The molecule has 2 aromatic rings. The third-order valence-corrected chi connectivity index (χ3v) is 6.14. The molecule has 0 radical (unpaired) electrons. The number of nitrogens with zero attached hydrogens (tertiary/aromatic N) is 3. The summed E-state index contributed by atoms with van der Waals surface area (Å²) in [6, 6.07) is 5.72. The summed E-state index contributed by atoms with van der Waals surface area (Å²) in [6.45, 7) is 2.38. The molecule has 1 aliphatic heterocycles. The smallest absolute Gasteiger partial charge is 0.325 e. The van der Waals surface area contributed by atoms with Crippen LogP contribution in [0, 0.1) is 0 Å². The van der Waals surface area contributed by atoms with Crippen molar-refractivity contribution in [3.63, 3.8) is 0 Å². The van der Waals surface area contributed by atoms with E-state index in [-0.39, 0.29) is 37.4 Å². The van der Waals surface area contributed by atoms with E-state index in [0.29, 0.717) is 13.1 Å². The Balaban J connectivity index is 1.69. The molecule has 1 aromatic heterocycles. The van der Waals surface area contributed by atoms with Crippen LogP contribution in [-0.2, 0) is 30.5 Å². The zero-order valence-corrected chi connectivity index (χ0v) is 19.6. The topological polar surface area (TPSA) is 123 Å². The van der Waals surface area contributed by atoms with Crippen molar-refractivity contribution in [3.05, 3.63) is 28.4 Å². The Morgan fingerprint density at radius 1 is 1.12 bits per heavy atom. The number of piperidine rings is 1. The van der Waals surface area contributed by atoms with Gasteiger partial charge >= 0.3 is 5.97 Å². The second-order valence-corrected chi connectivity index (χ2v) is 8.44. The maximum absolute atomic E-state index is 12.4. The molecule has 11 heteroatoms. The van der Waals surface area contributed by atoms with Gasteiger partial charge in [0.05, 0.1) is 24.9 Å². The predicted octanol–water partition coefficient (Wildman–Crippen LogP) is 0.930. The van der Waals surface area contributed by atoms with Crippen molar-refractivity contribution in [1.82, 2.24) is 25.3 Å². The van der Waals surface area contributed by atoms with Gasteiger partial charge in [0.1, 0.15) is 13.1 Å². The number of benzene rings is 1. The number of carbonyl (C=O) groups excluding carboxylic acids is 4. The molecule has 32 heavy (non-hydrogen) atoms. The first-order valence-corrected chi connectivity index (χ1v) is 11.1. The lowest BCUT2D eigenvalue weighted by atomic mass is 9.91. The van der Waals surface area contributed by atoms with Crippen LogP contribution in [-0.4, -0.2) is 71.7 Å². The van der Waals surface area contributed by atoms with Crippen LogP contribution in [0.3, 0.4) is 0 Å². The lowest BCUT2D eigenvalue weighted by Gasteiger charge is -2.30. The van der Waals surface area contributed by atoms with Crippen LogP contribution in [0.5, 0.6) is 0 Å². The molecule has 0 unspecified atom stereocenters. The first-order valence-electron chi connectivity index (χ1n) is 10.3. The molecule has 1 saturated heterocycles. The van der Waals surface area contributed by atoms with E-state index in [1.807, 2.05) is 23.1 Å². The largest absolute Gasteiger partial charge is 0.468 e. The van der Waals surface area contributed by atoms with E-state index in [4.69, 9.17) is 5.10 Å². The van der Waals surface area contributed by atoms with E-state index in [1.54, 1.807) is 11.6 Å². The van der Waals surface area contributed by atoms with Gasteiger partial charge in [-0.3, -0.25) is 23.9 Å². The number of likely N-dealkylation sites (tertiary alicyclic amines) is 1. The van der Waals surface area contributed by atoms with Crippen molar-refractivity contribution >= 4 is 50.5 Å². The molecule has 3 amide bonds. The minimum absolute atomic E-state index is 0.0521. The van der Waals surface area contributed by atoms with Gasteiger partial charge in [-0.05, 0) is 25.0 Å². The SMILES string of the molecule is COC(=O)CNC(=O)CNC(=O)Cn1nc(C2CCN(C(C)=O)CC2)c2c(Br)cccc21. The third kappa shape index (κ3) is 5.64. The maximum atomic E-state index is 12.4. The fraction of sp³-hybridized carbons (Fsp3) is 0.476. The summed E-state index contributed by atoms with van der Waals surface area (Å²) in [5.74, 6) is -1.18. The van der Waals surface area contributed by atoms with Crippen LogP contribution in [0.25, 0.3) is 10.9 Å². The fourth-order valence-electron chi connectivity index (χ4n) is 3.77. The van der Waals surface area contributed by atoms with Gasteiger partial charge in [0, 0.05) is 35.8 Å². The van der Waals surface area contributed by atoms with E-state index < -0.39 is 11.9 Å². The number of nitrogens with one attached hydrogen (secondary N) is 2. The van der Waals surface area contributed by atoms with Crippen LogP contribution >= 0.6 is 15.9 Å². The molecular weight excluding hydrogens is 482 g/mol. The number of aromatic nitrogens is 2. The van der Waals surface area contributed by atoms with Crippen molar-refractivity contribution in [2.75, 3.05) is 33.3 Å². The molecule has 10 nitrogen and oxygen atoms in total. The molecule has 0 aliphatic carbocycles. The van der Waals surface area contributed by atoms with Crippen molar-refractivity contribution in [3.8, 4) is 0 Å². The minimum Gasteiger partial charge on any atom is -0.468 e. The maximum Gasteiger partial charge on any atom is 0.325 e. The third-order valence-electron chi connectivity index (χ3n) is 5.48. The number of ether oxygens (including phenoxy) is 1.